The second kappa shape index (κ2) is 9.82. The van der Waals surface area contributed by atoms with Crippen molar-refractivity contribution in [3.8, 4) is 0 Å². The van der Waals surface area contributed by atoms with Crippen LogP contribution in [0.1, 0.15) is 23.6 Å². The van der Waals surface area contributed by atoms with Crippen molar-refractivity contribution in [3.63, 3.8) is 0 Å². The summed E-state index contributed by atoms with van der Waals surface area (Å²) in [7, 11) is 0.592. The Bertz CT molecular complexity index is 1190. The van der Waals surface area contributed by atoms with Crippen molar-refractivity contribution in [3.05, 3.63) is 71.0 Å². The lowest BCUT2D eigenvalue weighted by atomic mass is 9.95. The van der Waals surface area contributed by atoms with Gasteiger partial charge < -0.3 is 14.7 Å². The number of rotatable bonds is 8. The van der Waals surface area contributed by atoms with Gasteiger partial charge in [-0.05, 0) is 36.8 Å². The van der Waals surface area contributed by atoms with Crippen molar-refractivity contribution >= 4 is 27.5 Å². The highest BCUT2D eigenvalue weighted by atomic mass is 32.2. The molecule has 3 rings (SSSR count). The molecule has 1 amide bonds. The number of carbonyl (C=O) groups is 2. The van der Waals surface area contributed by atoms with Gasteiger partial charge in [-0.1, -0.05) is 18.2 Å². The Kier molecular flexibility index (Phi) is 7.31. The van der Waals surface area contributed by atoms with Gasteiger partial charge in [0, 0.05) is 45.5 Å². The first-order valence-electron chi connectivity index (χ1n) is 10.2. The zero-order chi connectivity index (χ0) is 24.3. The van der Waals surface area contributed by atoms with Crippen molar-refractivity contribution in [1.29, 1.82) is 0 Å². The molecule has 2 aromatic rings. The van der Waals surface area contributed by atoms with Crippen LogP contribution in [0.2, 0.25) is 0 Å². The summed E-state index contributed by atoms with van der Waals surface area (Å²) in [5, 5.41) is 11.0. The van der Waals surface area contributed by atoms with Crippen molar-refractivity contribution in [2.45, 2.75) is 17.4 Å². The number of ether oxygens (including phenoxy) is 1. The fraction of sp³-hybridized carbons (Fsp3) is 0.304. The molecule has 0 radical (unpaired) electrons. The topological polar surface area (TPSA) is 104 Å². The predicted molar refractivity (Wildman–Crippen MR) is 119 cm³/mol. The molecule has 0 saturated carbocycles. The minimum Gasteiger partial charge on any atom is -0.507 e. The Balaban J connectivity index is 2.12. The third-order valence-electron chi connectivity index (χ3n) is 5.39. The predicted octanol–water partition coefficient (Wildman–Crippen LogP) is 2.53. The Labute approximate surface area is 191 Å². The normalized spacial score (nSPS) is 18.3. The third kappa shape index (κ3) is 4.68. The first kappa shape index (κ1) is 24.6. The van der Waals surface area contributed by atoms with Crippen LogP contribution in [0.4, 0.5) is 4.39 Å². The number of nitrogens with zero attached hydrogens (tertiary/aromatic N) is 2. The van der Waals surface area contributed by atoms with Crippen molar-refractivity contribution in [2.75, 3.05) is 34.4 Å². The summed E-state index contributed by atoms with van der Waals surface area (Å²) in [5.41, 5.74) is -0.0582. The summed E-state index contributed by atoms with van der Waals surface area (Å²) >= 11 is 0. The minimum absolute atomic E-state index is 0.00489. The van der Waals surface area contributed by atoms with E-state index in [2.05, 4.69) is 0 Å². The molecular weight excluding hydrogens is 451 g/mol. The Morgan fingerprint density at radius 1 is 1.12 bits per heavy atom. The van der Waals surface area contributed by atoms with E-state index in [1.807, 2.05) is 0 Å². The average Bonchev–Trinajstić information content (AvgIpc) is 3.04. The molecule has 0 spiro atoms. The Morgan fingerprint density at radius 3 is 2.33 bits per heavy atom. The molecular formula is C23H25FN2O6S. The molecule has 176 valence electrons. The lowest BCUT2D eigenvalue weighted by Gasteiger charge is -2.25. The van der Waals surface area contributed by atoms with Crippen LogP contribution in [0.25, 0.3) is 5.76 Å². The van der Waals surface area contributed by atoms with Gasteiger partial charge in [-0.2, -0.15) is 0 Å². The van der Waals surface area contributed by atoms with Gasteiger partial charge in [-0.3, -0.25) is 9.59 Å². The van der Waals surface area contributed by atoms with Gasteiger partial charge in [0.25, 0.3) is 11.7 Å². The highest BCUT2D eigenvalue weighted by Gasteiger charge is 2.46. The van der Waals surface area contributed by atoms with Crippen LogP contribution in [0.5, 0.6) is 0 Å². The number of carbonyl (C=O) groups excluding carboxylic acids is 2. The quantitative estimate of drug-likeness (QED) is 0.272. The summed E-state index contributed by atoms with van der Waals surface area (Å²) in [5.74, 6) is -2.93. The van der Waals surface area contributed by atoms with Crippen LogP contribution in [0.15, 0.2) is 59.0 Å². The smallest absolute Gasteiger partial charge is 0.295 e. The number of methoxy groups -OCH3 is 1. The molecule has 1 unspecified atom stereocenters. The summed E-state index contributed by atoms with van der Waals surface area (Å²) in [4.78, 5) is 26.9. The highest BCUT2D eigenvalue weighted by molar-refractivity contribution is 7.89. The first-order valence-corrected chi connectivity index (χ1v) is 11.6. The first-order chi connectivity index (χ1) is 15.6. The van der Waals surface area contributed by atoms with Gasteiger partial charge in [0.05, 0.1) is 16.5 Å². The summed E-state index contributed by atoms with van der Waals surface area (Å²) < 4.78 is 45.4. The molecule has 2 aromatic carbocycles. The number of hydrogen-bond donors (Lipinski definition) is 1. The second-order valence-electron chi connectivity index (χ2n) is 7.67. The maximum Gasteiger partial charge on any atom is 0.295 e. The van der Waals surface area contributed by atoms with Crippen LogP contribution in [0.3, 0.4) is 0 Å². The van der Waals surface area contributed by atoms with E-state index in [0.29, 0.717) is 13.0 Å². The van der Waals surface area contributed by atoms with Crippen LogP contribution in [-0.4, -0.2) is 68.8 Å². The van der Waals surface area contributed by atoms with Crippen molar-refractivity contribution in [2.24, 2.45) is 0 Å². The molecule has 1 aliphatic rings. The van der Waals surface area contributed by atoms with Gasteiger partial charge >= 0.3 is 0 Å². The van der Waals surface area contributed by atoms with Crippen molar-refractivity contribution < 1.29 is 32.2 Å². The lowest BCUT2D eigenvalue weighted by Crippen LogP contribution is -2.31. The van der Waals surface area contributed by atoms with Crippen LogP contribution < -0.4 is 0 Å². The van der Waals surface area contributed by atoms with E-state index in [1.54, 1.807) is 6.07 Å². The largest absolute Gasteiger partial charge is 0.507 e. The molecule has 0 aliphatic carbocycles. The van der Waals surface area contributed by atoms with Gasteiger partial charge in [0.2, 0.25) is 10.0 Å². The standard InChI is InChI=1S/C23H25FN2O6S/c1-25(2)33(30,31)16-11-9-15(10-12-16)21(27)19-20(17-7-4-5-8-18(17)24)26(13-6-14-32-3)23(29)22(19)28/h4-5,7-12,20,27H,6,13-14H2,1-3H3/b21-19-. The molecule has 10 heteroatoms. The monoisotopic (exact) mass is 476 g/mol. The summed E-state index contributed by atoms with van der Waals surface area (Å²) in [6.45, 7) is 0.447. The van der Waals surface area contributed by atoms with Gasteiger partial charge in [-0.15, -0.1) is 0 Å². The van der Waals surface area contributed by atoms with E-state index in [9.17, 15) is 27.5 Å². The zero-order valence-electron chi connectivity index (χ0n) is 18.5. The maximum atomic E-state index is 14.7. The fourth-order valence-corrected chi connectivity index (χ4v) is 4.56. The summed E-state index contributed by atoms with van der Waals surface area (Å²) in [6, 6.07) is 9.85. The fourth-order valence-electron chi connectivity index (χ4n) is 3.66. The zero-order valence-corrected chi connectivity index (χ0v) is 19.3. The van der Waals surface area contributed by atoms with Crippen LogP contribution in [0, 0.1) is 5.82 Å². The number of aliphatic hydroxyl groups excluding tert-OH is 1. The van der Waals surface area contributed by atoms with Crippen LogP contribution in [-0.2, 0) is 24.3 Å². The molecule has 1 heterocycles. The van der Waals surface area contributed by atoms with E-state index < -0.39 is 39.3 Å². The number of Topliss-reactive ketones (excluding diaryl/α,β-unsaturated/α-hetero) is 1. The number of likely N-dealkylation sites (tertiary alicyclic amines) is 1. The molecule has 1 fully saturated rings. The molecule has 1 atom stereocenters. The number of halogens is 1. The molecule has 33 heavy (non-hydrogen) atoms. The van der Waals surface area contributed by atoms with E-state index in [1.165, 1.54) is 68.6 Å². The van der Waals surface area contributed by atoms with Gasteiger partial charge in [0.1, 0.15) is 11.6 Å². The van der Waals surface area contributed by atoms with Crippen molar-refractivity contribution in [1.82, 2.24) is 9.21 Å². The number of ketones is 1. The Morgan fingerprint density at radius 2 is 1.76 bits per heavy atom. The van der Waals surface area contributed by atoms with E-state index >= 15 is 0 Å². The summed E-state index contributed by atoms with van der Waals surface area (Å²) in [6.07, 6.45) is 0.408. The average molecular weight is 477 g/mol. The molecule has 8 nitrogen and oxygen atoms in total. The van der Waals surface area contributed by atoms with E-state index in [4.69, 9.17) is 4.74 Å². The van der Waals surface area contributed by atoms with E-state index in [-0.39, 0.29) is 28.1 Å². The highest BCUT2D eigenvalue weighted by Crippen LogP contribution is 2.40. The number of hydrogen-bond acceptors (Lipinski definition) is 6. The van der Waals surface area contributed by atoms with Gasteiger partial charge in [0.15, 0.2) is 0 Å². The second-order valence-corrected chi connectivity index (χ2v) is 9.82. The maximum absolute atomic E-state index is 14.7. The number of sulfonamides is 1. The van der Waals surface area contributed by atoms with E-state index in [0.717, 1.165) is 4.31 Å². The van der Waals surface area contributed by atoms with Gasteiger partial charge in [-0.25, -0.2) is 17.1 Å². The molecule has 1 N–H and O–H groups in total. The third-order valence-corrected chi connectivity index (χ3v) is 7.22. The molecule has 1 aliphatic heterocycles. The minimum atomic E-state index is -3.69. The Hall–Kier alpha value is -3.08. The number of benzene rings is 2. The molecule has 1 saturated heterocycles. The SMILES string of the molecule is COCCCN1C(=O)C(=O)/C(=C(\O)c2ccc(S(=O)(=O)N(C)C)cc2)C1c1ccccc1F. The molecule has 0 bridgehead atoms. The number of aliphatic hydroxyl groups is 1. The van der Waals surface area contributed by atoms with Crippen LogP contribution >= 0.6 is 0 Å². The molecule has 0 aromatic heterocycles. The lowest BCUT2D eigenvalue weighted by molar-refractivity contribution is -0.140. The number of amides is 1.